The number of nitrogens with one attached hydrogen (secondary N) is 1. The molecule has 2 amide bonds. The van der Waals surface area contributed by atoms with E-state index < -0.39 is 41.8 Å². The third kappa shape index (κ3) is 7.65. The van der Waals surface area contributed by atoms with Crippen LogP contribution in [0.25, 0.3) is 0 Å². The second-order valence-electron chi connectivity index (χ2n) is 5.95. The molecule has 0 fully saturated rings. The topological polar surface area (TPSA) is 90.0 Å². The molecular weight excluding hydrogens is 367 g/mol. The monoisotopic (exact) mass is 389 g/mol. The van der Waals surface area contributed by atoms with Gasteiger partial charge in [0.15, 0.2) is 0 Å². The zero-order chi connectivity index (χ0) is 20.6. The Bertz CT molecular complexity index is 680. The first kappa shape index (κ1) is 22.4. The van der Waals surface area contributed by atoms with E-state index in [1.54, 1.807) is 0 Å². The smallest absolute Gasteiger partial charge is 0.418 e. The SMILES string of the molecule is CCCN(CC(=O)O)CC(=O)N(C)CC(=O)Nc1ccccc1C(F)(F)F. The molecule has 0 saturated carbocycles. The molecular formula is C17H22F3N3O4. The van der Waals surface area contributed by atoms with Crippen molar-refractivity contribution in [3.8, 4) is 0 Å². The van der Waals surface area contributed by atoms with Crippen LogP contribution in [-0.4, -0.2) is 65.9 Å². The number of anilines is 1. The lowest BCUT2D eigenvalue weighted by Crippen LogP contribution is -2.43. The number of halogens is 3. The van der Waals surface area contributed by atoms with E-state index in [9.17, 15) is 27.6 Å². The van der Waals surface area contributed by atoms with Gasteiger partial charge in [0.1, 0.15) is 0 Å². The van der Waals surface area contributed by atoms with E-state index >= 15 is 0 Å². The second kappa shape index (κ2) is 9.91. The number of alkyl halides is 3. The highest BCUT2D eigenvalue weighted by Gasteiger charge is 2.33. The van der Waals surface area contributed by atoms with Crippen molar-refractivity contribution in [1.82, 2.24) is 9.80 Å². The minimum Gasteiger partial charge on any atom is -0.480 e. The van der Waals surface area contributed by atoms with Crippen molar-refractivity contribution in [2.45, 2.75) is 19.5 Å². The van der Waals surface area contributed by atoms with Gasteiger partial charge in [-0.1, -0.05) is 19.1 Å². The number of amides is 2. The summed E-state index contributed by atoms with van der Waals surface area (Å²) in [4.78, 5) is 37.4. The molecule has 27 heavy (non-hydrogen) atoms. The van der Waals surface area contributed by atoms with Gasteiger partial charge < -0.3 is 15.3 Å². The number of hydrogen-bond donors (Lipinski definition) is 2. The molecule has 10 heteroatoms. The first-order valence-corrected chi connectivity index (χ1v) is 8.18. The van der Waals surface area contributed by atoms with Crippen molar-refractivity contribution >= 4 is 23.5 Å². The van der Waals surface area contributed by atoms with E-state index in [0.29, 0.717) is 13.0 Å². The molecule has 0 heterocycles. The minimum absolute atomic E-state index is 0.205. The third-order valence-corrected chi connectivity index (χ3v) is 3.57. The Hall–Kier alpha value is -2.62. The van der Waals surface area contributed by atoms with E-state index in [1.807, 2.05) is 6.92 Å². The lowest BCUT2D eigenvalue weighted by molar-refractivity contribution is -0.140. The van der Waals surface area contributed by atoms with Gasteiger partial charge in [0.25, 0.3) is 0 Å². The number of para-hydroxylation sites is 1. The quantitative estimate of drug-likeness (QED) is 0.673. The summed E-state index contributed by atoms with van der Waals surface area (Å²) in [5.41, 5.74) is -1.38. The zero-order valence-corrected chi connectivity index (χ0v) is 15.0. The molecule has 1 rings (SSSR count). The predicted octanol–water partition coefficient (Wildman–Crippen LogP) is 1.90. The molecule has 0 aromatic heterocycles. The highest BCUT2D eigenvalue weighted by Crippen LogP contribution is 2.34. The maximum Gasteiger partial charge on any atom is 0.418 e. The number of aliphatic carboxylic acids is 1. The maximum atomic E-state index is 12.9. The molecule has 0 aliphatic rings. The highest BCUT2D eigenvalue weighted by molar-refractivity contribution is 5.95. The van der Waals surface area contributed by atoms with Crippen LogP contribution in [0.1, 0.15) is 18.9 Å². The number of nitrogens with zero attached hydrogens (tertiary/aromatic N) is 2. The van der Waals surface area contributed by atoms with Gasteiger partial charge in [-0.25, -0.2) is 0 Å². The molecule has 0 bridgehead atoms. The van der Waals surface area contributed by atoms with Crippen molar-refractivity contribution in [1.29, 1.82) is 0 Å². The van der Waals surface area contributed by atoms with Gasteiger partial charge in [-0.15, -0.1) is 0 Å². The molecule has 0 aliphatic carbocycles. The largest absolute Gasteiger partial charge is 0.480 e. The summed E-state index contributed by atoms with van der Waals surface area (Å²) < 4.78 is 38.8. The normalized spacial score (nSPS) is 11.3. The fraction of sp³-hybridized carbons (Fsp3) is 0.471. The Morgan fingerprint density at radius 1 is 1.11 bits per heavy atom. The lowest BCUT2D eigenvalue weighted by atomic mass is 10.1. The number of hydrogen-bond acceptors (Lipinski definition) is 4. The van der Waals surface area contributed by atoms with Crippen LogP contribution in [-0.2, 0) is 20.6 Å². The van der Waals surface area contributed by atoms with Gasteiger partial charge in [-0.05, 0) is 25.1 Å². The van der Waals surface area contributed by atoms with Crippen molar-refractivity contribution in [2.75, 3.05) is 38.5 Å². The van der Waals surface area contributed by atoms with E-state index in [4.69, 9.17) is 5.11 Å². The summed E-state index contributed by atoms with van der Waals surface area (Å²) in [7, 11) is 1.32. The number of benzene rings is 1. The van der Waals surface area contributed by atoms with Gasteiger partial charge in [-0.2, -0.15) is 13.2 Å². The molecule has 2 N–H and O–H groups in total. The Balaban J connectivity index is 2.69. The third-order valence-electron chi connectivity index (χ3n) is 3.57. The van der Waals surface area contributed by atoms with E-state index in [2.05, 4.69) is 5.32 Å². The van der Waals surface area contributed by atoms with Gasteiger partial charge in [0.05, 0.1) is 30.9 Å². The minimum atomic E-state index is -4.62. The average molecular weight is 389 g/mol. The van der Waals surface area contributed by atoms with Crippen molar-refractivity contribution in [2.24, 2.45) is 0 Å². The molecule has 0 aliphatic heterocycles. The summed E-state index contributed by atoms with van der Waals surface area (Å²) in [6.07, 6.45) is -3.98. The summed E-state index contributed by atoms with van der Waals surface area (Å²) in [6.45, 7) is 1.23. The maximum absolute atomic E-state index is 12.9. The molecule has 0 radical (unpaired) electrons. The van der Waals surface area contributed by atoms with E-state index in [1.165, 1.54) is 24.1 Å². The fourth-order valence-electron chi connectivity index (χ4n) is 2.37. The Morgan fingerprint density at radius 3 is 2.30 bits per heavy atom. The summed E-state index contributed by atoms with van der Waals surface area (Å²) >= 11 is 0. The number of carbonyl (C=O) groups is 3. The van der Waals surface area contributed by atoms with E-state index in [-0.39, 0.29) is 13.1 Å². The van der Waals surface area contributed by atoms with Crippen molar-refractivity contribution in [3.05, 3.63) is 29.8 Å². The van der Waals surface area contributed by atoms with Crippen LogP contribution >= 0.6 is 0 Å². The standard InChI is InChI=1S/C17H22F3N3O4/c1-3-8-23(11-16(26)27)10-15(25)22(2)9-14(24)21-13-7-5-4-6-12(13)17(18,19)20/h4-7H,3,8-11H2,1-2H3,(H,21,24)(H,26,27). The molecule has 0 atom stereocenters. The molecule has 1 aromatic rings. The Labute approximate surface area is 154 Å². The average Bonchev–Trinajstić information content (AvgIpc) is 2.53. The van der Waals surface area contributed by atoms with Crippen LogP contribution in [0.5, 0.6) is 0 Å². The van der Waals surface area contributed by atoms with Crippen LogP contribution in [0.15, 0.2) is 24.3 Å². The van der Waals surface area contributed by atoms with Crippen LogP contribution < -0.4 is 5.32 Å². The summed E-state index contributed by atoms with van der Waals surface area (Å²) in [6, 6.07) is 4.53. The van der Waals surface area contributed by atoms with Crippen molar-refractivity contribution < 1.29 is 32.7 Å². The Morgan fingerprint density at radius 2 is 1.74 bits per heavy atom. The second-order valence-corrected chi connectivity index (χ2v) is 5.95. The predicted molar refractivity (Wildman–Crippen MR) is 92.1 cm³/mol. The summed E-state index contributed by atoms with van der Waals surface area (Å²) in [5.74, 6) is -2.38. The fourth-order valence-corrected chi connectivity index (χ4v) is 2.37. The van der Waals surface area contributed by atoms with Gasteiger partial charge in [-0.3, -0.25) is 19.3 Å². The molecule has 150 valence electrons. The van der Waals surface area contributed by atoms with Crippen LogP contribution in [0.4, 0.5) is 18.9 Å². The zero-order valence-electron chi connectivity index (χ0n) is 15.0. The number of carboxylic acid groups (broad SMARTS) is 1. The first-order chi connectivity index (χ1) is 12.5. The van der Waals surface area contributed by atoms with Crippen LogP contribution in [0.3, 0.4) is 0 Å². The number of carbonyl (C=O) groups excluding carboxylic acids is 2. The van der Waals surface area contributed by atoms with Crippen LogP contribution in [0.2, 0.25) is 0 Å². The lowest BCUT2D eigenvalue weighted by Gasteiger charge is -2.23. The van der Waals surface area contributed by atoms with Gasteiger partial charge in [0.2, 0.25) is 11.8 Å². The highest BCUT2D eigenvalue weighted by atomic mass is 19.4. The summed E-state index contributed by atoms with van der Waals surface area (Å²) in [5, 5.41) is 11.0. The number of likely N-dealkylation sites (N-methyl/N-ethyl adjacent to an activating group) is 1. The number of carboxylic acids is 1. The molecule has 0 saturated heterocycles. The molecule has 1 aromatic carbocycles. The Kier molecular flexibility index (Phi) is 8.23. The molecule has 0 unspecified atom stereocenters. The van der Waals surface area contributed by atoms with Gasteiger partial charge >= 0.3 is 12.1 Å². The van der Waals surface area contributed by atoms with Crippen LogP contribution in [0, 0.1) is 0 Å². The van der Waals surface area contributed by atoms with Crippen molar-refractivity contribution in [3.63, 3.8) is 0 Å². The van der Waals surface area contributed by atoms with E-state index in [0.717, 1.165) is 17.0 Å². The molecule has 7 nitrogen and oxygen atoms in total. The van der Waals surface area contributed by atoms with Gasteiger partial charge in [0, 0.05) is 7.05 Å². The number of rotatable bonds is 9. The first-order valence-electron chi connectivity index (χ1n) is 8.18. The molecule has 0 spiro atoms.